The number of amides is 4. The van der Waals surface area contributed by atoms with Crippen molar-refractivity contribution in [3.05, 3.63) is 12.0 Å². The van der Waals surface area contributed by atoms with Crippen molar-refractivity contribution in [1.82, 2.24) is 15.5 Å². The Labute approximate surface area is 107 Å². The summed E-state index contributed by atoms with van der Waals surface area (Å²) in [5.41, 5.74) is 0. The molecule has 0 spiro atoms. The Kier molecular flexibility index (Phi) is 3.30. The molecule has 0 aromatic carbocycles. The second kappa shape index (κ2) is 4.61. The van der Waals surface area contributed by atoms with Gasteiger partial charge in [0.15, 0.2) is 5.82 Å². The van der Waals surface area contributed by atoms with Crippen LogP contribution in [0.5, 0.6) is 0 Å². The predicted molar refractivity (Wildman–Crippen MR) is 67.3 cm³/mol. The van der Waals surface area contributed by atoms with Gasteiger partial charge in [0, 0.05) is 13.1 Å². The molecule has 2 aliphatic rings. The standard InChI is InChI=1S/C12H20N4O2/c1-4-5-9(2)16(3)8-10(14-12(16)18)15-7-6-13-11(15)17/h8-9H,4-7H2,1-3H3,(H-,13,14,17,18)/p+1. The lowest BCUT2D eigenvalue weighted by Crippen LogP contribution is -2.51. The molecule has 2 rings (SSSR count). The molecule has 6 nitrogen and oxygen atoms in total. The maximum atomic E-state index is 12.1. The maximum absolute atomic E-state index is 12.1. The average molecular weight is 253 g/mol. The number of quaternary nitrogens is 1. The molecular weight excluding hydrogens is 232 g/mol. The van der Waals surface area contributed by atoms with Crippen molar-refractivity contribution < 1.29 is 14.1 Å². The van der Waals surface area contributed by atoms with Crippen LogP contribution in [0.4, 0.5) is 9.59 Å². The summed E-state index contributed by atoms with van der Waals surface area (Å²) in [7, 11) is 1.89. The maximum Gasteiger partial charge on any atom is 0.427 e. The topological polar surface area (TPSA) is 61.4 Å². The fourth-order valence-electron chi connectivity index (χ4n) is 2.43. The van der Waals surface area contributed by atoms with Crippen molar-refractivity contribution in [3.63, 3.8) is 0 Å². The Morgan fingerprint density at radius 2 is 2.22 bits per heavy atom. The van der Waals surface area contributed by atoms with Crippen LogP contribution in [0.25, 0.3) is 0 Å². The Morgan fingerprint density at radius 3 is 2.78 bits per heavy atom. The molecule has 1 fully saturated rings. The number of hydrogen-bond acceptors (Lipinski definition) is 2. The molecule has 2 N–H and O–H groups in total. The molecule has 0 bridgehead atoms. The van der Waals surface area contributed by atoms with Crippen molar-refractivity contribution in [1.29, 1.82) is 0 Å². The van der Waals surface area contributed by atoms with Gasteiger partial charge in [-0.25, -0.2) is 14.1 Å². The van der Waals surface area contributed by atoms with Crippen LogP contribution >= 0.6 is 0 Å². The highest BCUT2D eigenvalue weighted by Gasteiger charge is 2.44. The fourth-order valence-corrected chi connectivity index (χ4v) is 2.43. The first kappa shape index (κ1) is 12.9. The summed E-state index contributed by atoms with van der Waals surface area (Å²) in [5.74, 6) is 0.612. The van der Waals surface area contributed by atoms with Gasteiger partial charge in [-0.15, -0.1) is 0 Å². The minimum Gasteiger partial charge on any atom is -0.336 e. The zero-order chi connectivity index (χ0) is 13.3. The molecule has 2 heterocycles. The molecule has 2 unspecified atom stereocenters. The largest absolute Gasteiger partial charge is 0.427 e. The summed E-state index contributed by atoms with van der Waals surface area (Å²) in [6.07, 6.45) is 3.86. The van der Waals surface area contributed by atoms with E-state index in [-0.39, 0.29) is 22.6 Å². The Bertz CT molecular complexity index is 407. The summed E-state index contributed by atoms with van der Waals surface area (Å²) in [6.45, 7) is 5.40. The number of nitrogens with zero attached hydrogens (tertiary/aromatic N) is 2. The molecule has 0 saturated carbocycles. The van der Waals surface area contributed by atoms with E-state index in [2.05, 4.69) is 24.5 Å². The molecule has 1 saturated heterocycles. The van der Waals surface area contributed by atoms with Crippen LogP contribution in [-0.2, 0) is 0 Å². The van der Waals surface area contributed by atoms with E-state index in [0.717, 1.165) is 12.8 Å². The third kappa shape index (κ3) is 1.96. The summed E-state index contributed by atoms with van der Waals surface area (Å²) < 4.78 is 0.215. The highest BCUT2D eigenvalue weighted by molar-refractivity contribution is 5.81. The van der Waals surface area contributed by atoms with E-state index >= 15 is 0 Å². The van der Waals surface area contributed by atoms with Gasteiger partial charge in [-0.05, 0) is 13.3 Å². The molecule has 0 aromatic rings. The van der Waals surface area contributed by atoms with Crippen molar-refractivity contribution >= 4 is 12.1 Å². The molecule has 0 radical (unpaired) electrons. The highest BCUT2D eigenvalue weighted by Crippen LogP contribution is 2.25. The Morgan fingerprint density at radius 1 is 1.50 bits per heavy atom. The lowest BCUT2D eigenvalue weighted by molar-refractivity contribution is -0.799. The smallest absolute Gasteiger partial charge is 0.336 e. The van der Waals surface area contributed by atoms with Crippen LogP contribution < -0.4 is 10.6 Å². The van der Waals surface area contributed by atoms with Gasteiger partial charge < -0.3 is 5.32 Å². The van der Waals surface area contributed by atoms with Gasteiger partial charge in [0.1, 0.15) is 6.20 Å². The number of carbonyl (C=O) groups is 2. The minimum atomic E-state index is -0.141. The molecule has 2 atom stereocenters. The van der Waals surface area contributed by atoms with Crippen molar-refractivity contribution in [2.24, 2.45) is 0 Å². The second-order valence-corrected chi connectivity index (χ2v) is 5.11. The molecule has 0 aromatic heterocycles. The van der Waals surface area contributed by atoms with Crippen LogP contribution in [-0.4, -0.2) is 47.6 Å². The number of nitrogens with one attached hydrogen (secondary N) is 2. The van der Waals surface area contributed by atoms with E-state index in [1.54, 1.807) is 4.90 Å². The van der Waals surface area contributed by atoms with Crippen LogP contribution in [0, 0.1) is 0 Å². The molecule has 2 aliphatic heterocycles. The third-order valence-corrected chi connectivity index (χ3v) is 3.83. The summed E-state index contributed by atoms with van der Waals surface area (Å²) in [4.78, 5) is 25.3. The zero-order valence-corrected chi connectivity index (χ0v) is 11.2. The normalized spacial score (nSPS) is 29.1. The minimum absolute atomic E-state index is 0.0642. The Hall–Kier alpha value is -1.56. The average Bonchev–Trinajstić information content (AvgIpc) is 2.85. The van der Waals surface area contributed by atoms with Crippen molar-refractivity contribution in [3.8, 4) is 0 Å². The fraction of sp³-hybridized carbons (Fsp3) is 0.667. The lowest BCUT2D eigenvalue weighted by Gasteiger charge is -2.28. The van der Waals surface area contributed by atoms with E-state index < -0.39 is 0 Å². The van der Waals surface area contributed by atoms with E-state index in [1.165, 1.54) is 0 Å². The lowest BCUT2D eigenvalue weighted by atomic mass is 10.1. The van der Waals surface area contributed by atoms with Crippen LogP contribution in [0.2, 0.25) is 0 Å². The monoisotopic (exact) mass is 253 g/mol. The number of rotatable bonds is 4. The van der Waals surface area contributed by atoms with Gasteiger partial charge >= 0.3 is 12.1 Å². The first-order chi connectivity index (χ1) is 8.49. The summed E-state index contributed by atoms with van der Waals surface area (Å²) in [6, 6.07) is 0.00181. The van der Waals surface area contributed by atoms with Gasteiger partial charge in [-0.3, -0.25) is 10.2 Å². The van der Waals surface area contributed by atoms with Crippen LogP contribution in [0.3, 0.4) is 0 Å². The van der Waals surface area contributed by atoms with E-state index in [1.807, 2.05) is 13.2 Å². The number of carbonyl (C=O) groups excluding carboxylic acids is 2. The van der Waals surface area contributed by atoms with E-state index in [0.29, 0.717) is 18.9 Å². The SMILES string of the molecule is CCCC(C)[N+]1(C)C=C(N2CCNC2=O)NC1=O. The molecule has 6 heteroatoms. The highest BCUT2D eigenvalue weighted by atomic mass is 16.2. The number of hydrogen-bond donors (Lipinski definition) is 2. The molecule has 0 aliphatic carbocycles. The third-order valence-electron chi connectivity index (χ3n) is 3.83. The van der Waals surface area contributed by atoms with Gasteiger partial charge in [-0.1, -0.05) is 13.3 Å². The molecule has 18 heavy (non-hydrogen) atoms. The van der Waals surface area contributed by atoms with E-state index in [9.17, 15) is 9.59 Å². The quantitative estimate of drug-likeness (QED) is 0.739. The van der Waals surface area contributed by atoms with Gasteiger partial charge in [-0.2, -0.15) is 0 Å². The zero-order valence-electron chi connectivity index (χ0n) is 11.2. The van der Waals surface area contributed by atoms with Gasteiger partial charge in [0.05, 0.1) is 13.1 Å². The predicted octanol–water partition coefficient (Wildman–Crippen LogP) is 1.17. The van der Waals surface area contributed by atoms with Crippen LogP contribution in [0.1, 0.15) is 26.7 Å². The summed E-state index contributed by atoms with van der Waals surface area (Å²) in [5, 5.41) is 5.55. The number of urea groups is 2. The van der Waals surface area contributed by atoms with Gasteiger partial charge in [0.25, 0.3) is 0 Å². The van der Waals surface area contributed by atoms with Crippen molar-refractivity contribution in [2.75, 3.05) is 20.1 Å². The summed E-state index contributed by atoms with van der Waals surface area (Å²) >= 11 is 0. The first-order valence-corrected chi connectivity index (χ1v) is 6.44. The Balaban J connectivity index is 2.20. The first-order valence-electron chi connectivity index (χ1n) is 6.44. The van der Waals surface area contributed by atoms with Crippen molar-refractivity contribution in [2.45, 2.75) is 32.7 Å². The molecule has 4 amide bonds. The molecular formula is C12H21N4O2+. The second-order valence-electron chi connectivity index (χ2n) is 5.11. The van der Waals surface area contributed by atoms with Gasteiger partial charge in [0.2, 0.25) is 0 Å². The van der Waals surface area contributed by atoms with Crippen LogP contribution in [0.15, 0.2) is 12.0 Å². The van der Waals surface area contributed by atoms with E-state index in [4.69, 9.17) is 0 Å². The molecule has 100 valence electrons.